The molecule has 0 amide bonds. The molecule has 22 heavy (non-hydrogen) atoms. The van der Waals surface area contributed by atoms with E-state index in [0.717, 1.165) is 22.2 Å². The van der Waals surface area contributed by atoms with Gasteiger partial charge >= 0.3 is 0 Å². The zero-order valence-electron chi connectivity index (χ0n) is 13.3. The molecule has 1 aromatic carbocycles. The molecule has 2 aromatic heterocycles. The van der Waals surface area contributed by atoms with Gasteiger partial charge in [0.15, 0.2) is 5.82 Å². The van der Waals surface area contributed by atoms with Crippen molar-refractivity contribution in [1.29, 1.82) is 0 Å². The first-order chi connectivity index (χ1) is 10.6. The summed E-state index contributed by atoms with van der Waals surface area (Å²) in [5.41, 5.74) is 9.12. The lowest BCUT2D eigenvalue weighted by Crippen LogP contribution is -1.98. The van der Waals surface area contributed by atoms with E-state index in [0.29, 0.717) is 10.9 Å². The summed E-state index contributed by atoms with van der Waals surface area (Å²) in [6.07, 6.45) is 4.96. The third kappa shape index (κ3) is 2.77. The highest BCUT2D eigenvalue weighted by atomic mass is 19.1. The Balaban J connectivity index is 0.000000847. The lowest BCUT2D eigenvalue weighted by molar-refractivity contribution is 0.637. The molecule has 0 aliphatic heterocycles. The Morgan fingerprint density at radius 1 is 1.05 bits per heavy atom. The van der Waals surface area contributed by atoms with Crippen LogP contribution in [-0.4, -0.2) is 9.97 Å². The van der Waals surface area contributed by atoms with Crippen molar-refractivity contribution in [2.45, 2.75) is 27.7 Å². The number of nitrogens with zero attached hydrogens (tertiary/aromatic N) is 2. The third-order valence-corrected chi connectivity index (χ3v) is 3.46. The van der Waals surface area contributed by atoms with Crippen LogP contribution in [0.1, 0.15) is 25.1 Å². The van der Waals surface area contributed by atoms with Crippen LogP contribution < -0.4 is 5.73 Å². The topological polar surface area (TPSA) is 51.8 Å². The number of rotatable bonds is 1. The molecule has 0 aliphatic carbocycles. The first-order valence-electron chi connectivity index (χ1n) is 7.33. The summed E-state index contributed by atoms with van der Waals surface area (Å²) in [6, 6.07) is 5.56. The molecule has 0 fully saturated rings. The number of hydrogen-bond donors (Lipinski definition) is 1. The molecule has 2 heterocycles. The maximum atomic E-state index is 14.5. The Morgan fingerprint density at radius 2 is 1.77 bits per heavy atom. The minimum absolute atomic E-state index is 0.133. The molecular formula is C18H20FN3. The van der Waals surface area contributed by atoms with Crippen LogP contribution in [0.3, 0.4) is 0 Å². The summed E-state index contributed by atoms with van der Waals surface area (Å²) in [4.78, 5) is 8.24. The summed E-state index contributed by atoms with van der Waals surface area (Å²) >= 11 is 0. The Labute approximate surface area is 130 Å². The van der Waals surface area contributed by atoms with Crippen molar-refractivity contribution >= 4 is 16.5 Å². The Bertz CT molecular complexity index is 813. The number of fused-ring (bicyclic) bond motifs is 1. The number of benzene rings is 1. The fraction of sp³-hybridized carbons (Fsp3) is 0.222. The van der Waals surface area contributed by atoms with Gasteiger partial charge in [0.05, 0.1) is 5.69 Å². The van der Waals surface area contributed by atoms with E-state index in [-0.39, 0.29) is 5.69 Å². The van der Waals surface area contributed by atoms with Crippen molar-refractivity contribution in [2.24, 2.45) is 0 Å². The number of nitrogen functional groups attached to an aromatic ring is 1. The van der Waals surface area contributed by atoms with E-state index in [1.165, 1.54) is 0 Å². The van der Waals surface area contributed by atoms with Crippen molar-refractivity contribution in [3.8, 4) is 11.1 Å². The predicted octanol–water partition coefficient (Wildman–Crippen LogP) is 4.66. The van der Waals surface area contributed by atoms with Crippen molar-refractivity contribution in [3.63, 3.8) is 0 Å². The van der Waals surface area contributed by atoms with Crippen LogP contribution in [0.25, 0.3) is 21.9 Å². The van der Waals surface area contributed by atoms with Crippen LogP contribution in [0.15, 0.2) is 36.8 Å². The van der Waals surface area contributed by atoms with Crippen LogP contribution >= 0.6 is 0 Å². The molecule has 3 aromatic rings. The minimum atomic E-state index is -0.417. The summed E-state index contributed by atoms with van der Waals surface area (Å²) in [6.45, 7) is 7.82. The number of halogens is 1. The van der Waals surface area contributed by atoms with Gasteiger partial charge in [-0.1, -0.05) is 13.8 Å². The highest BCUT2D eigenvalue weighted by Gasteiger charge is 2.14. The summed E-state index contributed by atoms with van der Waals surface area (Å²) in [7, 11) is 0. The van der Waals surface area contributed by atoms with Crippen molar-refractivity contribution < 1.29 is 4.39 Å². The average Bonchev–Trinajstić information content (AvgIpc) is 2.53. The van der Waals surface area contributed by atoms with E-state index >= 15 is 0 Å². The van der Waals surface area contributed by atoms with E-state index in [2.05, 4.69) is 9.97 Å². The molecule has 114 valence electrons. The van der Waals surface area contributed by atoms with Gasteiger partial charge < -0.3 is 5.73 Å². The van der Waals surface area contributed by atoms with E-state index < -0.39 is 5.82 Å². The lowest BCUT2D eigenvalue weighted by Gasteiger charge is -2.11. The SMILES string of the molecule is CC.Cc1cc2cc(-c3cnccc3C)c(F)c(N)c2cn1. The van der Waals surface area contributed by atoms with Crippen LogP contribution in [0, 0.1) is 19.7 Å². The highest BCUT2D eigenvalue weighted by Crippen LogP contribution is 2.34. The molecule has 0 atom stereocenters. The standard InChI is InChI=1S/C16H14FN3.C2H6/c1-9-3-4-19-7-13(9)12-6-11-5-10(2)20-8-14(11)16(18)15(12)17;1-2/h3-8H,18H2,1-2H3;1-2H3. The molecule has 4 heteroatoms. The second kappa shape index (κ2) is 6.52. The van der Waals surface area contributed by atoms with Crippen molar-refractivity contribution in [3.05, 3.63) is 53.9 Å². The monoisotopic (exact) mass is 297 g/mol. The fourth-order valence-corrected chi connectivity index (χ4v) is 2.35. The van der Waals surface area contributed by atoms with E-state index in [1.54, 1.807) is 24.7 Å². The minimum Gasteiger partial charge on any atom is -0.396 e. The highest BCUT2D eigenvalue weighted by molar-refractivity contribution is 5.97. The molecule has 2 N–H and O–H groups in total. The van der Waals surface area contributed by atoms with E-state index in [4.69, 9.17) is 5.73 Å². The van der Waals surface area contributed by atoms with E-state index in [9.17, 15) is 4.39 Å². The van der Waals surface area contributed by atoms with Gasteiger partial charge in [0.2, 0.25) is 0 Å². The molecule has 0 saturated carbocycles. The van der Waals surface area contributed by atoms with Gasteiger partial charge in [-0.2, -0.15) is 0 Å². The lowest BCUT2D eigenvalue weighted by atomic mass is 9.98. The third-order valence-electron chi connectivity index (χ3n) is 3.46. The van der Waals surface area contributed by atoms with Gasteiger partial charge in [-0.15, -0.1) is 0 Å². The molecule has 0 saturated heterocycles. The number of hydrogen-bond acceptors (Lipinski definition) is 3. The van der Waals surface area contributed by atoms with Gasteiger partial charge in [-0.3, -0.25) is 9.97 Å². The smallest absolute Gasteiger partial charge is 0.154 e. The zero-order valence-corrected chi connectivity index (χ0v) is 13.3. The molecule has 0 unspecified atom stereocenters. The van der Waals surface area contributed by atoms with Crippen LogP contribution in [0.4, 0.5) is 10.1 Å². The second-order valence-electron chi connectivity index (χ2n) is 4.89. The Hall–Kier alpha value is -2.49. The van der Waals surface area contributed by atoms with Gasteiger partial charge in [0, 0.05) is 40.8 Å². The van der Waals surface area contributed by atoms with E-state index in [1.807, 2.05) is 39.8 Å². The second-order valence-corrected chi connectivity index (χ2v) is 4.89. The largest absolute Gasteiger partial charge is 0.396 e. The Kier molecular flexibility index (Phi) is 4.71. The number of pyridine rings is 2. The molecule has 0 bridgehead atoms. The molecule has 0 spiro atoms. The molecule has 0 radical (unpaired) electrons. The van der Waals surface area contributed by atoms with Crippen LogP contribution in [0.5, 0.6) is 0 Å². The normalized spacial score (nSPS) is 10.2. The summed E-state index contributed by atoms with van der Waals surface area (Å²) in [5.74, 6) is -0.417. The first-order valence-corrected chi connectivity index (χ1v) is 7.33. The van der Waals surface area contributed by atoms with Crippen molar-refractivity contribution in [1.82, 2.24) is 9.97 Å². The molecule has 3 nitrogen and oxygen atoms in total. The number of aryl methyl sites for hydroxylation is 2. The predicted molar refractivity (Wildman–Crippen MR) is 90.2 cm³/mol. The van der Waals surface area contributed by atoms with Gasteiger partial charge in [-0.25, -0.2) is 4.39 Å². The Morgan fingerprint density at radius 3 is 2.45 bits per heavy atom. The maximum Gasteiger partial charge on any atom is 0.154 e. The summed E-state index contributed by atoms with van der Waals surface area (Å²) in [5, 5.41) is 1.52. The van der Waals surface area contributed by atoms with Gasteiger partial charge in [0.1, 0.15) is 0 Å². The molecule has 3 rings (SSSR count). The summed E-state index contributed by atoms with van der Waals surface area (Å²) < 4.78 is 14.5. The van der Waals surface area contributed by atoms with Crippen molar-refractivity contribution in [2.75, 3.05) is 5.73 Å². The number of anilines is 1. The number of aromatic nitrogens is 2. The van der Waals surface area contributed by atoms with Gasteiger partial charge in [0.25, 0.3) is 0 Å². The van der Waals surface area contributed by atoms with Gasteiger partial charge in [-0.05, 0) is 43.0 Å². The molecule has 0 aliphatic rings. The fourth-order valence-electron chi connectivity index (χ4n) is 2.35. The maximum absolute atomic E-state index is 14.5. The first kappa shape index (κ1) is 15.9. The molecular weight excluding hydrogens is 277 g/mol. The number of nitrogens with two attached hydrogens (primary N) is 1. The van der Waals surface area contributed by atoms with Crippen LogP contribution in [0.2, 0.25) is 0 Å². The zero-order chi connectivity index (χ0) is 16.3. The average molecular weight is 297 g/mol. The quantitative estimate of drug-likeness (QED) is 0.664. The van der Waals surface area contributed by atoms with Crippen LogP contribution in [-0.2, 0) is 0 Å².